The van der Waals surface area contributed by atoms with Crippen molar-refractivity contribution in [2.75, 3.05) is 33.3 Å². The fraction of sp³-hybridized carbons (Fsp3) is 0.500. The minimum atomic E-state index is 0.721. The first-order valence-corrected chi connectivity index (χ1v) is 6.99. The van der Waals surface area contributed by atoms with Crippen molar-refractivity contribution < 1.29 is 4.74 Å². The van der Waals surface area contributed by atoms with Crippen molar-refractivity contribution in [1.82, 2.24) is 10.2 Å². The van der Waals surface area contributed by atoms with Crippen LogP contribution < -0.4 is 10.1 Å². The van der Waals surface area contributed by atoms with Gasteiger partial charge in [-0.15, -0.1) is 6.58 Å². The Morgan fingerprint density at radius 2 is 2.00 bits per heavy atom. The average molecular weight is 262 g/mol. The van der Waals surface area contributed by atoms with E-state index in [9.17, 15) is 0 Å². The Kier molecular flexibility index (Phi) is 7.94. The lowest BCUT2D eigenvalue weighted by Crippen LogP contribution is -2.29. The molecule has 1 N–H and O–H groups in total. The van der Waals surface area contributed by atoms with Gasteiger partial charge in [-0.25, -0.2) is 0 Å². The van der Waals surface area contributed by atoms with E-state index in [2.05, 4.69) is 35.9 Å². The maximum atomic E-state index is 5.77. The molecule has 0 aliphatic rings. The zero-order valence-corrected chi connectivity index (χ0v) is 12.2. The van der Waals surface area contributed by atoms with E-state index in [1.54, 1.807) is 0 Å². The van der Waals surface area contributed by atoms with E-state index in [0.29, 0.717) is 0 Å². The topological polar surface area (TPSA) is 24.5 Å². The highest BCUT2D eigenvalue weighted by atomic mass is 16.5. The molecule has 0 unspecified atom stereocenters. The number of hydrogen-bond donors (Lipinski definition) is 1. The summed E-state index contributed by atoms with van der Waals surface area (Å²) in [4.78, 5) is 2.35. The van der Waals surface area contributed by atoms with Gasteiger partial charge in [0, 0.05) is 19.6 Å². The molecule has 1 aromatic carbocycles. The Morgan fingerprint density at radius 3 is 2.58 bits per heavy atom. The molecule has 0 saturated heterocycles. The van der Waals surface area contributed by atoms with E-state index in [1.165, 1.54) is 5.56 Å². The fourth-order valence-electron chi connectivity index (χ4n) is 1.99. The number of nitrogens with zero attached hydrogens (tertiary/aromatic N) is 1. The zero-order valence-electron chi connectivity index (χ0n) is 12.2. The molecule has 0 amide bonds. The number of rotatable bonds is 10. The molecule has 0 heterocycles. The van der Waals surface area contributed by atoms with Crippen LogP contribution in [-0.4, -0.2) is 38.2 Å². The van der Waals surface area contributed by atoms with Gasteiger partial charge < -0.3 is 10.1 Å². The smallest absolute Gasteiger partial charge is 0.119 e. The predicted molar refractivity (Wildman–Crippen MR) is 81.6 cm³/mol. The van der Waals surface area contributed by atoms with E-state index < -0.39 is 0 Å². The minimum absolute atomic E-state index is 0.721. The molecule has 1 aromatic rings. The second-order valence-electron chi connectivity index (χ2n) is 4.61. The third-order valence-electron chi connectivity index (χ3n) is 2.91. The van der Waals surface area contributed by atoms with Crippen LogP contribution in [-0.2, 0) is 6.54 Å². The number of benzene rings is 1. The van der Waals surface area contributed by atoms with E-state index in [4.69, 9.17) is 4.74 Å². The Bertz CT molecular complexity index is 348. The van der Waals surface area contributed by atoms with Crippen molar-refractivity contribution in [2.45, 2.75) is 19.9 Å². The third kappa shape index (κ3) is 6.41. The summed E-state index contributed by atoms with van der Waals surface area (Å²) in [5.74, 6) is 0.940. The van der Waals surface area contributed by atoms with Gasteiger partial charge in [0.15, 0.2) is 0 Å². The summed E-state index contributed by atoms with van der Waals surface area (Å²) in [5, 5.41) is 3.13. The Morgan fingerprint density at radius 1 is 1.26 bits per heavy atom. The van der Waals surface area contributed by atoms with Crippen molar-refractivity contribution in [3.8, 4) is 5.75 Å². The largest absolute Gasteiger partial charge is 0.492 e. The van der Waals surface area contributed by atoms with Crippen LogP contribution >= 0.6 is 0 Å². The normalized spacial score (nSPS) is 10.7. The van der Waals surface area contributed by atoms with Gasteiger partial charge in [0.05, 0.1) is 0 Å². The molecule has 1 rings (SSSR count). The molecule has 0 atom stereocenters. The Labute approximate surface area is 117 Å². The molecule has 3 nitrogen and oxygen atoms in total. The number of hydrogen-bond acceptors (Lipinski definition) is 3. The van der Waals surface area contributed by atoms with Gasteiger partial charge in [-0.1, -0.05) is 25.1 Å². The summed E-state index contributed by atoms with van der Waals surface area (Å²) in [7, 11) is 1.95. The van der Waals surface area contributed by atoms with Gasteiger partial charge in [-0.3, -0.25) is 4.90 Å². The lowest BCUT2D eigenvalue weighted by atomic mass is 10.2. The summed E-state index contributed by atoms with van der Waals surface area (Å²) in [5.41, 5.74) is 1.27. The van der Waals surface area contributed by atoms with Crippen molar-refractivity contribution >= 4 is 0 Å². The molecule has 3 heteroatoms. The van der Waals surface area contributed by atoms with Gasteiger partial charge in [-0.2, -0.15) is 0 Å². The van der Waals surface area contributed by atoms with E-state index in [0.717, 1.165) is 45.0 Å². The summed E-state index contributed by atoms with van der Waals surface area (Å²) >= 11 is 0. The Hall–Kier alpha value is -1.32. The van der Waals surface area contributed by atoms with E-state index in [-0.39, 0.29) is 0 Å². The van der Waals surface area contributed by atoms with Crippen LogP contribution in [0.4, 0.5) is 0 Å². The van der Waals surface area contributed by atoms with Crippen molar-refractivity contribution in [3.63, 3.8) is 0 Å². The average Bonchev–Trinajstić information content (AvgIpc) is 2.41. The molecule has 19 heavy (non-hydrogen) atoms. The highest BCUT2D eigenvalue weighted by molar-refractivity contribution is 5.27. The molecular weight excluding hydrogens is 236 g/mol. The SMILES string of the molecule is C=CCN(CCC)CCOc1ccc(CNC)cc1. The number of ether oxygens (including phenoxy) is 1. The van der Waals surface area contributed by atoms with Crippen molar-refractivity contribution in [1.29, 1.82) is 0 Å². The van der Waals surface area contributed by atoms with Gasteiger partial charge in [0.25, 0.3) is 0 Å². The lowest BCUT2D eigenvalue weighted by molar-refractivity contribution is 0.223. The van der Waals surface area contributed by atoms with Crippen LogP contribution in [0.25, 0.3) is 0 Å². The van der Waals surface area contributed by atoms with E-state index >= 15 is 0 Å². The van der Waals surface area contributed by atoms with Crippen LogP contribution in [0, 0.1) is 0 Å². The molecular formula is C16H26N2O. The molecule has 0 bridgehead atoms. The standard InChI is InChI=1S/C16H26N2O/c1-4-10-18(11-5-2)12-13-19-16-8-6-15(7-9-16)14-17-3/h4,6-9,17H,1,5,10-14H2,2-3H3. The first-order chi connectivity index (χ1) is 9.30. The quantitative estimate of drug-likeness (QED) is 0.656. The van der Waals surface area contributed by atoms with Crippen LogP contribution in [0.3, 0.4) is 0 Å². The molecule has 106 valence electrons. The first-order valence-electron chi connectivity index (χ1n) is 6.99. The highest BCUT2D eigenvalue weighted by Crippen LogP contribution is 2.12. The molecule has 0 aromatic heterocycles. The third-order valence-corrected chi connectivity index (χ3v) is 2.91. The second-order valence-corrected chi connectivity index (χ2v) is 4.61. The van der Waals surface area contributed by atoms with Crippen LogP contribution in [0.15, 0.2) is 36.9 Å². The summed E-state index contributed by atoms with van der Waals surface area (Å²) < 4.78 is 5.77. The number of nitrogens with one attached hydrogen (secondary N) is 1. The van der Waals surface area contributed by atoms with Crippen LogP contribution in [0.5, 0.6) is 5.75 Å². The van der Waals surface area contributed by atoms with Crippen LogP contribution in [0.2, 0.25) is 0 Å². The molecule has 0 aliphatic heterocycles. The van der Waals surface area contributed by atoms with Gasteiger partial charge in [-0.05, 0) is 37.7 Å². The van der Waals surface area contributed by atoms with Gasteiger partial charge in [0.1, 0.15) is 12.4 Å². The summed E-state index contributed by atoms with van der Waals surface area (Å²) in [6.07, 6.45) is 3.11. The van der Waals surface area contributed by atoms with Crippen molar-refractivity contribution in [3.05, 3.63) is 42.5 Å². The summed E-state index contributed by atoms with van der Waals surface area (Å²) in [6.45, 7) is 10.6. The molecule has 0 aliphatic carbocycles. The van der Waals surface area contributed by atoms with E-state index in [1.807, 2.05) is 25.3 Å². The highest BCUT2D eigenvalue weighted by Gasteiger charge is 2.02. The molecule has 0 saturated carbocycles. The van der Waals surface area contributed by atoms with Crippen molar-refractivity contribution in [2.24, 2.45) is 0 Å². The monoisotopic (exact) mass is 262 g/mol. The maximum absolute atomic E-state index is 5.77. The van der Waals surface area contributed by atoms with Crippen LogP contribution in [0.1, 0.15) is 18.9 Å². The first kappa shape index (κ1) is 15.7. The molecule has 0 radical (unpaired) electrons. The Balaban J connectivity index is 2.32. The zero-order chi connectivity index (χ0) is 13.9. The van der Waals surface area contributed by atoms with Gasteiger partial charge in [0.2, 0.25) is 0 Å². The predicted octanol–water partition coefficient (Wildman–Crippen LogP) is 2.68. The van der Waals surface area contributed by atoms with Gasteiger partial charge >= 0.3 is 0 Å². The lowest BCUT2D eigenvalue weighted by Gasteiger charge is -2.19. The fourth-order valence-corrected chi connectivity index (χ4v) is 1.99. The second kappa shape index (κ2) is 9.59. The minimum Gasteiger partial charge on any atom is -0.492 e. The molecule has 0 fully saturated rings. The maximum Gasteiger partial charge on any atom is 0.119 e. The summed E-state index contributed by atoms with van der Waals surface area (Å²) in [6, 6.07) is 8.26. The molecule has 0 spiro atoms.